The molecule has 1 saturated heterocycles. The van der Waals surface area contributed by atoms with Gasteiger partial charge in [-0.1, -0.05) is 13.8 Å². The number of hydrogen-bond donors (Lipinski definition) is 1. The van der Waals surface area contributed by atoms with Crippen molar-refractivity contribution in [3.8, 4) is 0 Å². The van der Waals surface area contributed by atoms with Crippen LogP contribution >= 0.6 is 0 Å². The highest BCUT2D eigenvalue weighted by Crippen LogP contribution is 2.10. The average Bonchev–Trinajstić information content (AvgIpc) is 1.88. The molecule has 0 amide bonds. The van der Waals surface area contributed by atoms with Crippen molar-refractivity contribution >= 4 is 0 Å². The van der Waals surface area contributed by atoms with E-state index in [1.54, 1.807) is 0 Å². The van der Waals surface area contributed by atoms with Crippen LogP contribution in [0.3, 0.4) is 0 Å². The number of morpholine rings is 1. The van der Waals surface area contributed by atoms with Crippen molar-refractivity contribution in [3.05, 3.63) is 0 Å². The second kappa shape index (κ2) is 3.32. The fourth-order valence-corrected chi connectivity index (χ4v) is 1.21. The zero-order chi connectivity index (χ0) is 7.56. The average molecular weight is 144 g/mol. The van der Waals surface area contributed by atoms with E-state index in [2.05, 4.69) is 13.8 Å². The van der Waals surface area contributed by atoms with Gasteiger partial charge in [-0.2, -0.15) is 0 Å². The number of rotatable bonds is 1. The van der Waals surface area contributed by atoms with E-state index in [1.807, 2.05) is 5.01 Å². The molecule has 0 bridgehead atoms. The van der Waals surface area contributed by atoms with Crippen LogP contribution in [0.5, 0.6) is 0 Å². The van der Waals surface area contributed by atoms with E-state index in [9.17, 15) is 0 Å². The minimum atomic E-state index is 0.411. The third-order valence-electron chi connectivity index (χ3n) is 1.98. The fraction of sp³-hybridized carbons (Fsp3) is 1.00. The summed E-state index contributed by atoms with van der Waals surface area (Å²) in [4.78, 5) is 0. The van der Waals surface area contributed by atoms with Crippen LogP contribution in [0.4, 0.5) is 0 Å². The quantitative estimate of drug-likeness (QED) is 0.535. The van der Waals surface area contributed by atoms with E-state index in [4.69, 9.17) is 10.6 Å². The molecule has 3 heteroatoms. The number of hydrogen-bond acceptors (Lipinski definition) is 3. The van der Waals surface area contributed by atoms with Crippen molar-refractivity contribution in [2.75, 3.05) is 19.8 Å². The van der Waals surface area contributed by atoms with Gasteiger partial charge >= 0.3 is 0 Å². The minimum Gasteiger partial charge on any atom is -0.378 e. The number of hydrazine groups is 1. The van der Waals surface area contributed by atoms with E-state index in [-0.39, 0.29) is 0 Å². The van der Waals surface area contributed by atoms with Gasteiger partial charge in [-0.15, -0.1) is 0 Å². The molecule has 3 nitrogen and oxygen atoms in total. The minimum absolute atomic E-state index is 0.411. The number of nitrogens with zero attached hydrogens (tertiary/aromatic N) is 1. The van der Waals surface area contributed by atoms with Crippen molar-refractivity contribution in [1.29, 1.82) is 0 Å². The summed E-state index contributed by atoms with van der Waals surface area (Å²) in [6.45, 7) is 6.76. The van der Waals surface area contributed by atoms with Crippen LogP contribution in [-0.4, -0.2) is 30.8 Å². The molecule has 1 atom stereocenters. The van der Waals surface area contributed by atoms with Crippen LogP contribution in [-0.2, 0) is 4.74 Å². The standard InChI is InChI=1S/C7H16N2O/c1-6(2)7-5-10-4-3-9(7)8/h6-7H,3-5,8H2,1-2H3. The van der Waals surface area contributed by atoms with E-state index in [1.165, 1.54) is 0 Å². The maximum absolute atomic E-state index is 5.73. The molecular formula is C7H16N2O. The molecule has 60 valence electrons. The Bertz CT molecular complexity index is 106. The maximum Gasteiger partial charge on any atom is 0.0638 e. The molecule has 0 aliphatic carbocycles. The van der Waals surface area contributed by atoms with E-state index >= 15 is 0 Å². The van der Waals surface area contributed by atoms with E-state index in [0.717, 1.165) is 19.8 Å². The Morgan fingerprint density at radius 2 is 2.30 bits per heavy atom. The first-order chi connectivity index (χ1) is 4.72. The summed E-state index contributed by atoms with van der Waals surface area (Å²) in [5, 5.41) is 1.88. The molecule has 0 spiro atoms. The van der Waals surface area contributed by atoms with Gasteiger partial charge in [-0.3, -0.25) is 5.84 Å². The molecule has 0 saturated carbocycles. The van der Waals surface area contributed by atoms with Crippen molar-refractivity contribution in [1.82, 2.24) is 5.01 Å². The Balaban J connectivity index is 2.40. The van der Waals surface area contributed by atoms with Gasteiger partial charge in [-0.25, -0.2) is 5.01 Å². The SMILES string of the molecule is CC(C)C1COCCN1N. The van der Waals surface area contributed by atoms with Crippen LogP contribution in [0, 0.1) is 5.92 Å². The molecular weight excluding hydrogens is 128 g/mol. The van der Waals surface area contributed by atoms with Gasteiger partial charge in [0.25, 0.3) is 0 Å². The zero-order valence-corrected chi connectivity index (χ0v) is 6.71. The molecule has 1 heterocycles. The van der Waals surface area contributed by atoms with Gasteiger partial charge in [0.2, 0.25) is 0 Å². The van der Waals surface area contributed by atoms with Crippen LogP contribution in [0.15, 0.2) is 0 Å². The first kappa shape index (κ1) is 7.98. The van der Waals surface area contributed by atoms with Crippen LogP contribution in [0.25, 0.3) is 0 Å². The highest BCUT2D eigenvalue weighted by Gasteiger charge is 2.22. The Morgan fingerprint density at radius 1 is 1.60 bits per heavy atom. The van der Waals surface area contributed by atoms with Crippen LogP contribution in [0.1, 0.15) is 13.8 Å². The summed E-state index contributed by atoms with van der Waals surface area (Å²) in [6, 6.07) is 0.411. The predicted octanol–water partition coefficient (Wildman–Crippen LogP) is 0.217. The molecule has 1 unspecified atom stereocenters. The lowest BCUT2D eigenvalue weighted by Gasteiger charge is -2.34. The van der Waals surface area contributed by atoms with Gasteiger partial charge < -0.3 is 4.74 Å². The Morgan fingerprint density at radius 3 is 2.70 bits per heavy atom. The van der Waals surface area contributed by atoms with Gasteiger partial charge in [0.15, 0.2) is 0 Å². The van der Waals surface area contributed by atoms with Gasteiger partial charge in [-0.05, 0) is 5.92 Å². The predicted molar refractivity (Wildman–Crippen MR) is 40.3 cm³/mol. The summed E-state index contributed by atoms with van der Waals surface area (Å²) in [5.41, 5.74) is 0. The van der Waals surface area contributed by atoms with Gasteiger partial charge in [0.1, 0.15) is 0 Å². The molecule has 0 aromatic heterocycles. The molecule has 1 aliphatic rings. The lowest BCUT2D eigenvalue weighted by molar-refractivity contribution is -0.0249. The molecule has 1 aliphatic heterocycles. The van der Waals surface area contributed by atoms with Gasteiger partial charge in [0.05, 0.1) is 13.2 Å². The number of nitrogens with two attached hydrogens (primary N) is 1. The normalized spacial score (nSPS) is 29.4. The lowest BCUT2D eigenvalue weighted by atomic mass is 10.0. The smallest absolute Gasteiger partial charge is 0.0638 e. The molecule has 1 fully saturated rings. The second-order valence-electron chi connectivity index (χ2n) is 3.12. The Hall–Kier alpha value is -0.120. The summed E-state index contributed by atoms with van der Waals surface area (Å²) in [6.07, 6.45) is 0. The largest absolute Gasteiger partial charge is 0.378 e. The Labute approximate surface area is 62.1 Å². The zero-order valence-electron chi connectivity index (χ0n) is 6.71. The number of ether oxygens (including phenoxy) is 1. The fourth-order valence-electron chi connectivity index (χ4n) is 1.21. The van der Waals surface area contributed by atoms with Crippen molar-refractivity contribution in [3.63, 3.8) is 0 Å². The van der Waals surface area contributed by atoms with Gasteiger partial charge in [0, 0.05) is 12.6 Å². The first-order valence-electron chi connectivity index (χ1n) is 3.81. The van der Waals surface area contributed by atoms with Crippen molar-refractivity contribution in [2.24, 2.45) is 11.8 Å². The Kier molecular flexibility index (Phi) is 2.65. The van der Waals surface area contributed by atoms with Crippen molar-refractivity contribution < 1.29 is 4.74 Å². The van der Waals surface area contributed by atoms with Crippen LogP contribution in [0.2, 0.25) is 0 Å². The van der Waals surface area contributed by atoms with Crippen molar-refractivity contribution in [2.45, 2.75) is 19.9 Å². The topological polar surface area (TPSA) is 38.5 Å². The molecule has 10 heavy (non-hydrogen) atoms. The summed E-state index contributed by atoms with van der Waals surface area (Å²) in [7, 11) is 0. The molecule has 0 radical (unpaired) electrons. The molecule has 0 aromatic carbocycles. The third-order valence-corrected chi connectivity index (χ3v) is 1.98. The lowest BCUT2D eigenvalue weighted by Crippen LogP contribution is -2.51. The van der Waals surface area contributed by atoms with Crippen LogP contribution < -0.4 is 5.84 Å². The van der Waals surface area contributed by atoms with E-state index in [0.29, 0.717) is 12.0 Å². The maximum atomic E-state index is 5.73. The summed E-state index contributed by atoms with van der Waals surface area (Å²) < 4.78 is 5.29. The molecule has 1 rings (SSSR count). The molecule has 2 N–H and O–H groups in total. The monoisotopic (exact) mass is 144 g/mol. The highest BCUT2D eigenvalue weighted by atomic mass is 16.5. The molecule has 0 aromatic rings. The van der Waals surface area contributed by atoms with E-state index < -0.39 is 0 Å². The third kappa shape index (κ3) is 1.68. The summed E-state index contributed by atoms with van der Waals surface area (Å²) in [5.74, 6) is 6.32. The first-order valence-corrected chi connectivity index (χ1v) is 3.81. The summed E-state index contributed by atoms with van der Waals surface area (Å²) >= 11 is 0. The second-order valence-corrected chi connectivity index (χ2v) is 3.12. The highest BCUT2D eigenvalue weighted by molar-refractivity contribution is 4.73.